The van der Waals surface area contributed by atoms with Gasteiger partial charge >= 0.3 is 0 Å². The van der Waals surface area contributed by atoms with Crippen molar-refractivity contribution in [1.29, 1.82) is 5.26 Å². The highest BCUT2D eigenvalue weighted by molar-refractivity contribution is 6.35. The summed E-state index contributed by atoms with van der Waals surface area (Å²) < 4.78 is 7.84. The molecular formula is C32H23Cl2N3O2. The summed E-state index contributed by atoms with van der Waals surface area (Å²) in [6.45, 7) is 0.961. The van der Waals surface area contributed by atoms with Gasteiger partial charge in [0.2, 0.25) is 0 Å². The molecule has 0 radical (unpaired) electrons. The van der Waals surface area contributed by atoms with E-state index in [1.807, 2.05) is 77.5 Å². The molecule has 5 rings (SSSR count). The van der Waals surface area contributed by atoms with Gasteiger partial charge in [0.15, 0.2) is 0 Å². The van der Waals surface area contributed by atoms with E-state index in [0.717, 1.165) is 27.6 Å². The molecule has 0 saturated carbocycles. The quantitative estimate of drug-likeness (QED) is 0.156. The van der Waals surface area contributed by atoms with Gasteiger partial charge in [-0.25, -0.2) is 0 Å². The number of hydrogen-bond donors (Lipinski definition) is 1. The smallest absolute Gasteiger partial charge is 0.266 e. The Hall–Kier alpha value is -4.50. The molecule has 1 heterocycles. The first-order chi connectivity index (χ1) is 19.0. The lowest BCUT2D eigenvalue weighted by Gasteiger charge is -2.08. The number of benzene rings is 4. The van der Waals surface area contributed by atoms with Crippen LogP contribution < -0.4 is 10.1 Å². The van der Waals surface area contributed by atoms with Crippen LogP contribution in [0.3, 0.4) is 0 Å². The first-order valence-corrected chi connectivity index (χ1v) is 13.0. The van der Waals surface area contributed by atoms with E-state index < -0.39 is 5.91 Å². The molecule has 0 aliphatic heterocycles. The van der Waals surface area contributed by atoms with E-state index in [-0.39, 0.29) is 5.57 Å². The van der Waals surface area contributed by atoms with Crippen molar-refractivity contribution in [2.24, 2.45) is 0 Å². The zero-order chi connectivity index (χ0) is 27.2. The molecule has 0 spiro atoms. The number of hydrogen-bond acceptors (Lipinski definition) is 3. The maximum Gasteiger partial charge on any atom is 0.266 e. The molecule has 5 nitrogen and oxygen atoms in total. The number of amides is 1. The average molecular weight is 552 g/mol. The van der Waals surface area contributed by atoms with Crippen LogP contribution in [0.25, 0.3) is 17.0 Å². The molecule has 4 aromatic carbocycles. The summed E-state index contributed by atoms with van der Waals surface area (Å²) in [4.78, 5) is 13.0. The summed E-state index contributed by atoms with van der Waals surface area (Å²) in [7, 11) is 0. The third kappa shape index (κ3) is 6.32. The molecule has 192 valence electrons. The van der Waals surface area contributed by atoms with E-state index in [1.165, 1.54) is 0 Å². The zero-order valence-electron chi connectivity index (χ0n) is 20.8. The summed E-state index contributed by atoms with van der Waals surface area (Å²) in [6, 6.07) is 32.2. The van der Waals surface area contributed by atoms with Crippen LogP contribution in [0.1, 0.15) is 16.7 Å². The molecule has 39 heavy (non-hydrogen) atoms. The fraction of sp³-hybridized carbons (Fsp3) is 0.0625. The number of fused-ring (bicyclic) bond motifs is 1. The van der Waals surface area contributed by atoms with E-state index in [1.54, 1.807) is 42.5 Å². The number of aromatic nitrogens is 1. The van der Waals surface area contributed by atoms with Gasteiger partial charge in [-0.1, -0.05) is 77.8 Å². The van der Waals surface area contributed by atoms with Gasteiger partial charge < -0.3 is 14.6 Å². The van der Waals surface area contributed by atoms with Crippen LogP contribution in [0.4, 0.5) is 5.69 Å². The van der Waals surface area contributed by atoms with E-state index in [9.17, 15) is 10.1 Å². The van der Waals surface area contributed by atoms with Gasteiger partial charge in [-0.3, -0.25) is 4.79 Å². The lowest BCUT2D eigenvalue weighted by atomic mass is 10.1. The van der Waals surface area contributed by atoms with Gasteiger partial charge in [0.25, 0.3) is 5.91 Å². The van der Waals surface area contributed by atoms with Crippen molar-refractivity contribution in [3.8, 4) is 11.8 Å². The SMILES string of the molecule is N#C/C(=C\c1cn(Cc2ccc(Cl)cc2Cl)c2ccccc12)C(=O)Nc1ccc(OCc2ccccc2)cc1. The minimum absolute atomic E-state index is 0.00756. The Labute approximate surface area is 236 Å². The van der Waals surface area contributed by atoms with E-state index in [2.05, 4.69) is 5.32 Å². The second-order valence-electron chi connectivity index (χ2n) is 8.89. The van der Waals surface area contributed by atoms with Crippen LogP contribution in [0.5, 0.6) is 5.75 Å². The molecule has 1 aromatic heterocycles. The number of nitrogens with one attached hydrogen (secondary N) is 1. The third-order valence-electron chi connectivity index (χ3n) is 6.20. The minimum atomic E-state index is -0.493. The number of halogens is 2. The predicted molar refractivity (Wildman–Crippen MR) is 157 cm³/mol. The average Bonchev–Trinajstić information content (AvgIpc) is 3.30. The van der Waals surface area contributed by atoms with Crippen molar-refractivity contribution < 1.29 is 9.53 Å². The van der Waals surface area contributed by atoms with Crippen molar-refractivity contribution in [3.63, 3.8) is 0 Å². The second-order valence-corrected chi connectivity index (χ2v) is 9.73. The van der Waals surface area contributed by atoms with Crippen LogP contribution in [0, 0.1) is 11.3 Å². The number of para-hydroxylation sites is 1. The van der Waals surface area contributed by atoms with Crippen LogP contribution in [0.2, 0.25) is 10.0 Å². The second kappa shape index (κ2) is 11.9. The summed E-state index contributed by atoms with van der Waals surface area (Å²) in [5.74, 6) is 0.189. The summed E-state index contributed by atoms with van der Waals surface area (Å²) in [5, 5.41) is 14.7. The predicted octanol–water partition coefficient (Wildman–Crippen LogP) is 8.12. The number of anilines is 1. The Morgan fingerprint density at radius 2 is 1.69 bits per heavy atom. The molecule has 0 saturated heterocycles. The number of carbonyl (C=O) groups excluding carboxylic acids is 1. The normalized spacial score (nSPS) is 11.3. The monoisotopic (exact) mass is 551 g/mol. The van der Waals surface area contributed by atoms with E-state index in [0.29, 0.717) is 34.6 Å². The van der Waals surface area contributed by atoms with Gasteiger partial charge in [0, 0.05) is 44.9 Å². The lowest BCUT2D eigenvalue weighted by Crippen LogP contribution is -2.13. The number of ether oxygens (including phenoxy) is 1. The highest BCUT2D eigenvalue weighted by Gasteiger charge is 2.14. The first-order valence-electron chi connectivity index (χ1n) is 12.2. The minimum Gasteiger partial charge on any atom is -0.489 e. The first kappa shape index (κ1) is 26.1. The standard InChI is InChI=1S/C32H23Cl2N3O2/c33-26-11-10-23(30(34)17-26)19-37-20-25(29-8-4-5-9-31(29)37)16-24(18-35)32(38)36-27-12-14-28(15-13-27)39-21-22-6-2-1-3-7-22/h1-17,20H,19,21H2,(H,36,38)/b24-16+. The molecule has 0 aliphatic rings. The highest BCUT2D eigenvalue weighted by atomic mass is 35.5. The maximum absolute atomic E-state index is 13.0. The zero-order valence-corrected chi connectivity index (χ0v) is 22.3. The Bertz CT molecular complexity index is 1700. The Morgan fingerprint density at radius 3 is 2.44 bits per heavy atom. The van der Waals surface area contributed by atoms with Crippen LogP contribution in [-0.2, 0) is 17.9 Å². The molecule has 0 fully saturated rings. The van der Waals surface area contributed by atoms with Crippen molar-refractivity contribution in [2.75, 3.05) is 5.32 Å². The van der Waals surface area contributed by atoms with Gasteiger partial charge in [0.1, 0.15) is 24.0 Å². The maximum atomic E-state index is 13.0. The molecule has 1 N–H and O–H groups in total. The van der Waals surface area contributed by atoms with Crippen LogP contribution in [0.15, 0.2) is 109 Å². The molecule has 0 bridgehead atoms. The molecule has 5 aromatic rings. The van der Waals surface area contributed by atoms with Crippen molar-refractivity contribution in [3.05, 3.63) is 136 Å². The number of nitriles is 1. The van der Waals surface area contributed by atoms with Crippen molar-refractivity contribution >= 4 is 51.8 Å². The third-order valence-corrected chi connectivity index (χ3v) is 6.79. The summed E-state index contributed by atoms with van der Waals surface area (Å²) >= 11 is 12.5. The van der Waals surface area contributed by atoms with Gasteiger partial charge in [-0.15, -0.1) is 0 Å². The number of carbonyl (C=O) groups is 1. The summed E-state index contributed by atoms with van der Waals surface area (Å²) in [5.41, 5.74) is 4.24. The van der Waals surface area contributed by atoms with Crippen LogP contribution in [-0.4, -0.2) is 10.5 Å². The van der Waals surface area contributed by atoms with Crippen LogP contribution >= 0.6 is 23.2 Å². The van der Waals surface area contributed by atoms with Gasteiger partial charge in [-0.2, -0.15) is 5.26 Å². The largest absolute Gasteiger partial charge is 0.489 e. The lowest BCUT2D eigenvalue weighted by molar-refractivity contribution is -0.112. The molecule has 0 atom stereocenters. The van der Waals surface area contributed by atoms with E-state index >= 15 is 0 Å². The van der Waals surface area contributed by atoms with Crippen molar-refractivity contribution in [1.82, 2.24) is 4.57 Å². The van der Waals surface area contributed by atoms with E-state index in [4.69, 9.17) is 27.9 Å². The Balaban J connectivity index is 1.33. The topological polar surface area (TPSA) is 67.0 Å². The number of rotatable bonds is 8. The highest BCUT2D eigenvalue weighted by Crippen LogP contribution is 2.28. The molecule has 7 heteroatoms. The molecular weight excluding hydrogens is 529 g/mol. The van der Waals surface area contributed by atoms with Gasteiger partial charge in [-0.05, 0) is 59.7 Å². The number of nitrogens with zero attached hydrogens (tertiary/aromatic N) is 2. The van der Waals surface area contributed by atoms with Crippen molar-refractivity contribution in [2.45, 2.75) is 13.2 Å². The molecule has 0 unspecified atom stereocenters. The molecule has 0 aliphatic carbocycles. The van der Waals surface area contributed by atoms with Gasteiger partial charge in [0.05, 0.1) is 0 Å². The molecule has 1 amide bonds. The fourth-order valence-electron chi connectivity index (χ4n) is 4.23. The Morgan fingerprint density at radius 1 is 0.949 bits per heavy atom. The fourth-order valence-corrected chi connectivity index (χ4v) is 4.70. The Kier molecular flexibility index (Phi) is 7.98. The summed E-state index contributed by atoms with van der Waals surface area (Å²) in [6.07, 6.45) is 3.52.